The Kier molecular flexibility index (Phi) is 30.7. The summed E-state index contributed by atoms with van der Waals surface area (Å²) in [5.41, 5.74) is 0. The zero-order valence-electron chi connectivity index (χ0n) is 31.9. The highest BCUT2D eigenvalue weighted by atomic mass is 16.6. The third kappa shape index (κ3) is 31.0. The zero-order valence-corrected chi connectivity index (χ0v) is 31.9. The van der Waals surface area contributed by atoms with Crippen LogP contribution >= 0.6 is 0 Å². The van der Waals surface area contributed by atoms with Crippen molar-refractivity contribution >= 4 is 17.9 Å². The van der Waals surface area contributed by atoms with Gasteiger partial charge in [0.05, 0.1) is 34.4 Å². The minimum Gasteiger partial charge on any atom is -0.477 e. The molecule has 2 unspecified atom stereocenters. The van der Waals surface area contributed by atoms with E-state index in [9.17, 15) is 19.5 Å². The molecule has 0 saturated heterocycles. The van der Waals surface area contributed by atoms with Crippen LogP contribution in [0.15, 0.2) is 48.6 Å². The normalized spacial score (nSPS) is 13.6. The van der Waals surface area contributed by atoms with Gasteiger partial charge in [-0.05, 0) is 70.6 Å². The van der Waals surface area contributed by atoms with Crippen molar-refractivity contribution in [2.75, 3.05) is 41.0 Å². The molecule has 0 saturated carbocycles. The number of hydrogen-bond donors (Lipinski definition) is 1. The number of carboxylic acid groups (broad SMARTS) is 1. The quantitative estimate of drug-likeness (QED) is 0.0317. The van der Waals surface area contributed by atoms with Gasteiger partial charge in [0.2, 0.25) is 0 Å². The molecule has 0 bridgehead atoms. The van der Waals surface area contributed by atoms with Gasteiger partial charge in [-0.2, -0.15) is 0 Å². The van der Waals surface area contributed by atoms with Crippen LogP contribution in [-0.4, -0.2) is 80.6 Å². The van der Waals surface area contributed by atoms with Crippen LogP contribution in [0.4, 0.5) is 0 Å². The maximum Gasteiger partial charge on any atom is 0.362 e. The number of likely N-dealkylation sites (N-methyl/N-ethyl adjacent to an activating group) is 1. The average Bonchev–Trinajstić information content (AvgIpc) is 3.05. The summed E-state index contributed by atoms with van der Waals surface area (Å²) in [7, 11) is 5.49. The van der Waals surface area contributed by atoms with E-state index in [-0.39, 0.29) is 36.2 Å². The van der Waals surface area contributed by atoms with E-state index in [0.29, 0.717) is 19.3 Å². The number of aliphatic carboxylic acids is 1. The Hall–Kier alpha value is -2.71. The Morgan fingerprint density at radius 1 is 0.633 bits per heavy atom. The summed E-state index contributed by atoms with van der Waals surface area (Å²) < 4.78 is 17.1. The highest BCUT2D eigenvalue weighted by Gasteiger charge is 2.31. The Labute approximate surface area is 299 Å². The van der Waals surface area contributed by atoms with Gasteiger partial charge in [-0.1, -0.05) is 101 Å². The van der Waals surface area contributed by atoms with Gasteiger partial charge < -0.3 is 23.8 Å². The van der Waals surface area contributed by atoms with E-state index in [0.717, 1.165) is 70.6 Å². The number of carbonyl (C=O) groups is 3. The van der Waals surface area contributed by atoms with Crippen LogP contribution in [0.25, 0.3) is 0 Å². The first kappa shape index (κ1) is 46.3. The molecule has 0 aliphatic carbocycles. The van der Waals surface area contributed by atoms with Crippen molar-refractivity contribution in [2.45, 2.75) is 154 Å². The van der Waals surface area contributed by atoms with Crippen LogP contribution in [0, 0.1) is 0 Å². The fourth-order valence-electron chi connectivity index (χ4n) is 5.22. The first-order valence-corrected chi connectivity index (χ1v) is 19.2. The number of esters is 2. The predicted octanol–water partition coefficient (Wildman–Crippen LogP) is 9.68. The summed E-state index contributed by atoms with van der Waals surface area (Å²) in [4.78, 5) is 36.7. The number of ether oxygens (including phenoxy) is 3. The molecule has 282 valence electrons. The topological polar surface area (TPSA) is 99.1 Å². The molecule has 0 radical (unpaired) electrons. The Morgan fingerprint density at radius 3 is 1.76 bits per heavy atom. The lowest BCUT2D eigenvalue weighted by Crippen LogP contribution is -2.50. The minimum atomic E-state index is -0.885. The van der Waals surface area contributed by atoms with Crippen molar-refractivity contribution in [2.24, 2.45) is 0 Å². The highest BCUT2D eigenvalue weighted by molar-refractivity contribution is 5.72. The second-order valence-electron chi connectivity index (χ2n) is 13.8. The molecule has 1 N–H and O–H groups in total. The van der Waals surface area contributed by atoms with E-state index >= 15 is 0 Å². The Bertz CT molecular complexity index is 948. The van der Waals surface area contributed by atoms with Crippen LogP contribution in [0.5, 0.6) is 0 Å². The number of allylic oxidation sites excluding steroid dienone is 8. The predicted molar refractivity (Wildman–Crippen MR) is 201 cm³/mol. The highest BCUT2D eigenvalue weighted by Crippen LogP contribution is 2.12. The summed E-state index contributed by atoms with van der Waals surface area (Å²) >= 11 is 0. The molecular weight excluding hydrogens is 618 g/mol. The van der Waals surface area contributed by atoms with E-state index in [1.54, 1.807) is 0 Å². The SMILES string of the molecule is CC/C=C/C/C=C/C/C=C/CCCCC(=O)OCC(COCCC(C(=O)O)[N+](C)(C)C)OC(=O)CCCCC/C=C/CCCCCCCC. The fourth-order valence-corrected chi connectivity index (χ4v) is 5.22. The van der Waals surface area contributed by atoms with Gasteiger partial charge in [0.15, 0.2) is 12.1 Å². The molecule has 0 fully saturated rings. The smallest absolute Gasteiger partial charge is 0.362 e. The number of nitrogens with zero attached hydrogens (tertiary/aromatic N) is 1. The molecular formula is C41H72NO7+. The van der Waals surface area contributed by atoms with Gasteiger partial charge in [0, 0.05) is 19.3 Å². The third-order valence-corrected chi connectivity index (χ3v) is 8.21. The van der Waals surface area contributed by atoms with E-state index < -0.39 is 18.1 Å². The number of quaternary nitrogens is 1. The lowest BCUT2D eigenvalue weighted by molar-refractivity contribution is -0.887. The molecule has 0 aromatic rings. The number of unbranched alkanes of at least 4 members (excludes halogenated alkanes) is 11. The van der Waals surface area contributed by atoms with Gasteiger partial charge in [0.1, 0.15) is 6.61 Å². The van der Waals surface area contributed by atoms with Crippen LogP contribution in [0.3, 0.4) is 0 Å². The first-order valence-electron chi connectivity index (χ1n) is 19.2. The molecule has 0 aliphatic rings. The number of carbonyl (C=O) groups excluding carboxylic acids is 2. The second kappa shape index (κ2) is 32.5. The molecule has 8 nitrogen and oxygen atoms in total. The van der Waals surface area contributed by atoms with Gasteiger partial charge in [-0.15, -0.1) is 0 Å². The molecule has 8 heteroatoms. The molecule has 2 atom stereocenters. The number of carboxylic acids is 1. The van der Waals surface area contributed by atoms with Gasteiger partial charge >= 0.3 is 17.9 Å². The van der Waals surface area contributed by atoms with Crippen molar-refractivity contribution in [3.63, 3.8) is 0 Å². The maximum atomic E-state index is 12.6. The van der Waals surface area contributed by atoms with Crippen molar-refractivity contribution < 1.29 is 38.2 Å². The first-order chi connectivity index (χ1) is 23.6. The van der Waals surface area contributed by atoms with Crippen molar-refractivity contribution in [3.05, 3.63) is 48.6 Å². The molecule has 0 aromatic heterocycles. The molecule has 0 amide bonds. The van der Waals surface area contributed by atoms with Gasteiger partial charge in [-0.25, -0.2) is 4.79 Å². The van der Waals surface area contributed by atoms with Crippen LogP contribution in [-0.2, 0) is 28.6 Å². The van der Waals surface area contributed by atoms with Crippen molar-refractivity contribution in [1.29, 1.82) is 0 Å². The standard InChI is InChI=1S/C41H71NO7/c1-6-8-10-12-14-16-18-20-22-24-26-28-30-32-40(44)49-37(35-47-34-33-38(41(45)46)42(3,4)5)36-48-39(43)31-29-27-25-23-21-19-17-15-13-11-9-7-2/h9,11,15,17,20-23,37-38H,6-8,10,12-14,16,18-19,24-36H2,1-5H3/p+1/b11-9+,17-15+,22-20+,23-21+. The lowest BCUT2D eigenvalue weighted by Gasteiger charge is -2.31. The maximum absolute atomic E-state index is 12.6. The van der Waals surface area contributed by atoms with E-state index in [4.69, 9.17) is 14.2 Å². The number of rotatable bonds is 33. The van der Waals surface area contributed by atoms with E-state index in [1.165, 1.54) is 38.5 Å². The van der Waals surface area contributed by atoms with E-state index in [2.05, 4.69) is 62.5 Å². The summed E-state index contributed by atoms with van der Waals surface area (Å²) in [5, 5.41) is 9.58. The number of hydrogen-bond acceptors (Lipinski definition) is 6. The Morgan fingerprint density at radius 2 is 1.14 bits per heavy atom. The lowest BCUT2D eigenvalue weighted by atomic mass is 10.1. The van der Waals surface area contributed by atoms with E-state index in [1.807, 2.05) is 21.1 Å². The third-order valence-electron chi connectivity index (χ3n) is 8.21. The molecule has 0 spiro atoms. The van der Waals surface area contributed by atoms with Crippen LogP contribution in [0.1, 0.15) is 142 Å². The second-order valence-corrected chi connectivity index (χ2v) is 13.8. The van der Waals surface area contributed by atoms with Gasteiger partial charge in [0.25, 0.3) is 0 Å². The summed E-state index contributed by atoms with van der Waals surface area (Å²) in [6, 6.07) is -0.622. The van der Waals surface area contributed by atoms with Crippen molar-refractivity contribution in [3.8, 4) is 0 Å². The average molecular weight is 691 g/mol. The largest absolute Gasteiger partial charge is 0.477 e. The molecule has 0 aliphatic heterocycles. The molecule has 0 heterocycles. The Balaban J connectivity index is 4.52. The molecule has 0 aromatic carbocycles. The van der Waals surface area contributed by atoms with Crippen LogP contribution < -0.4 is 0 Å². The monoisotopic (exact) mass is 691 g/mol. The summed E-state index contributed by atoms with van der Waals surface area (Å²) in [6.07, 6.45) is 35.9. The summed E-state index contributed by atoms with van der Waals surface area (Å²) in [6.45, 7) is 4.53. The minimum absolute atomic E-state index is 0.0417. The van der Waals surface area contributed by atoms with Crippen molar-refractivity contribution in [1.82, 2.24) is 0 Å². The molecule has 49 heavy (non-hydrogen) atoms. The van der Waals surface area contributed by atoms with Crippen LogP contribution in [0.2, 0.25) is 0 Å². The van der Waals surface area contributed by atoms with Gasteiger partial charge in [-0.3, -0.25) is 9.59 Å². The molecule has 0 rings (SSSR count). The fraction of sp³-hybridized carbons (Fsp3) is 0.732. The zero-order chi connectivity index (χ0) is 36.4. The summed E-state index contributed by atoms with van der Waals surface area (Å²) in [5.74, 6) is -1.55.